The molecule has 2 aromatic rings. The van der Waals surface area contributed by atoms with Gasteiger partial charge in [-0.3, -0.25) is 0 Å². The minimum absolute atomic E-state index is 0.0224. The van der Waals surface area contributed by atoms with Crippen molar-refractivity contribution < 1.29 is 23.4 Å². The Morgan fingerprint density at radius 3 is 2.37 bits per heavy atom. The number of halogens is 2. The van der Waals surface area contributed by atoms with Crippen LogP contribution in [0.15, 0.2) is 48.5 Å². The molecule has 2 aromatic carbocycles. The first-order valence-corrected chi connectivity index (χ1v) is 10.6. The Kier molecular flexibility index (Phi) is 4.58. The second kappa shape index (κ2) is 7.05. The molecule has 2 fully saturated rings. The Bertz CT molecular complexity index is 933. The van der Waals surface area contributed by atoms with E-state index >= 15 is 0 Å². The van der Waals surface area contributed by atoms with Crippen molar-refractivity contribution in [3.8, 4) is 11.1 Å². The summed E-state index contributed by atoms with van der Waals surface area (Å²) >= 11 is 0. The number of benzene rings is 2. The van der Waals surface area contributed by atoms with Crippen LogP contribution in [0, 0.1) is 11.3 Å². The second-order valence-corrected chi connectivity index (χ2v) is 8.84. The predicted molar refractivity (Wildman–Crippen MR) is 108 cm³/mol. The molecule has 0 radical (unpaired) electrons. The molecule has 2 bridgehead atoms. The van der Waals surface area contributed by atoms with Gasteiger partial charge in [0.2, 0.25) is 0 Å². The lowest BCUT2D eigenvalue weighted by Crippen LogP contribution is -2.65. The van der Waals surface area contributed by atoms with Crippen LogP contribution in [0.1, 0.15) is 36.3 Å². The summed E-state index contributed by atoms with van der Waals surface area (Å²) in [6, 6.07) is 16.1. The lowest BCUT2D eigenvalue weighted by atomic mass is 9.64. The van der Waals surface area contributed by atoms with E-state index in [1.165, 1.54) is 4.90 Å². The van der Waals surface area contributed by atoms with E-state index < -0.39 is 30.0 Å². The molecule has 158 valence electrons. The predicted octanol–water partition coefficient (Wildman–Crippen LogP) is 4.67. The van der Waals surface area contributed by atoms with Gasteiger partial charge in [-0.2, -0.15) is 0 Å². The molecule has 5 rings (SSSR count). The van der Waals surface area contributed by atoms with Crippen LogP contribution in [0.3, 0.4) is 0 Å². The second-order valence-electron chi connectivity index (χ2n) is 8.84. The molecular formula is C24H25F2NO3. The Hall–Kier alpha value is -2.47. The summed E-state index contributed by atoms with van der Waals surface area (Å²) < 4.78 is 35.3. The third-order valence-corrected chi connectivity index (χ3v) is 7.26. The smallest absolute Gasteiger partial charge is 0.409 e. The fourth-order valence-electron chi connectivity index (χ4n) is 5.61. The van der Waals surface area contributed by atoms with Crippen molar-refractivity contribution in [2.24, 2.45) is 11.3 Å². The molecular weight excluding hydrogens is 388 g/mol. The first-order chi connectivity index (χ1) is 14.5. The van der Waals surface area contributed by atoms with E-state index in [-0.39, 0.29) is 32.0 Å². The molecule has 2 unspecified atom stereocenters. The van der Waals surface area contributed by atoms with Crippen molar-refractivity contribution >= 4 is 6.09 Å². The van der Waals surface area contributed by atoms with Gasteiger partial charge in [0.25, 0.3) is 5.92 Å². The fraction of sp³-hybridized carbons (Fsp3) is 0.458. The third kappa shape index (κ3) is 2.77. The van der Waals surface area contributed by atoms with Crippen molar-refractivity contribution in [3.05, 3.63) is 59.7 Å². The quantitative estimate of drug-likeness (QED) is 0.796. The topological polar surface area (TPSA) is 49.8 Å². The van der Waals surface area contributed by atoms with Crippen LogP contribution < -0.4 is 0 Å². The standard InChI is InChI=1S/C24H25F2NO3/c25-24(26)16-6-5-11-23(24,15-28)14-27(12-16)22(29)30-13-21-19-9-3-1-7-17(19)18-8-2-4-10-20(18)21/h1-4,7-10,16,21,28H,5-6,11-15H2. The number of rotatable bonds is 3. The molecule has 0 spiro atoms. The van der Waals surface area contributed by atoms with E-state index in [2.05, 4.69) is 12.1 Å². The van der Waals surface area contributed by atoms with E-state index in [4.69, 9.17) is 4.74 Å². The average molecular weight is 413 g/mol. The van der Waals surface area contributed by atoms with E-state index in [0.29, 0.717) is 12.8 Å². The Labute approximate surface area is 174 Å². The van der Waals surface area contributed by atoms with Crippen LogP contribution in [0.2, 0.25) is 0 Å². The van der Waals surface area contributed by atoms with Crippen LogP contribution in [-0.2, 0) is 4.74 Å². The fourth-order valence-corrected chi connectivity index (χ4v) is 5.61. The number of carbonyl (C=O) groups excluding carboxylic acids is 1. The van der Waals surface area contributed by atoms with Crippen molar-refractivity contribution in [2.45, 2.75) is 31.1 Å². The van der Waals surface area contributed by atoms with Crippen LogP contribution in [0.25, 0.3) is 11.1 Å². The first kappa shape index (κ1) is 19.5. The van der Waals surface area contributed by atoms with Gasteiger partial charge in [0, 0.05) is 24.9 Å². The van der Waals surface area contributed by atoms with Crippen LogP contribution >= 0.6 is 0 Å². The van der Waals surface area contributed by atoms with Gasteiger partial charge in [0.15, 0.2) is 0 Å². The number of nitrogens with zero attached hydrogens (tertiary/aromatic N) is 1. The van der Waals surface area contributed by atoms with E-state index in [0.717, 1.165) is 22.3 Å². The summed E-state index contributed by atoms with van der Waals surface area (Å²) in [5.74, 6) is -3.95. The number of carbonyl (C=O) groups is 1. The van der Waals surface area contributed by atoms with E-state index in [1.54, 1.807) is 0 Å². The van der Waals surface area contributed by atoms with Crippen LogP contribution in [0.5, 0.6) is 0 Å². The van der Waals surface area contributed by atoms with Gasteiger partial charge in [-0.1, -0.05) is 55.0 Å². The number of fused-ring (bicyclic) bond motifs is 5. The Morgan fingerprint density at radius 1 is 1.10 bits per heavy atom. The maximum Gasteiger partial charge on any atom is 0.409 e. The zero-order chi connectivity index (χ0) is 20.9. The minimum Gasteiger partial charge on any atom is -0.448 e. The van der Waals surface area contributed by atoms with Gasteiger partial charge in [0.1, 0.15) is 6.61 Å². The number of hydrogen-bond donors (Lipinski definition) is 1. The average Bonchev–Trinajstić information content (AvgIpc) is 3.05. The van der Waals surface area contributed by atoms with Gasteiger partial charge in [-0.05, 0) is 35.1 Å². The monoisotopic (exact) mass is 413 g/mol. The minimum atomic E-state index is -2.96. The SMILES string of the molecule is O=C(OCC1c2ccccc2-c2ccccc21)N1CC2CCCC(CO)(C1)C2(F)F. The molecule has 1 amide bonds. The van der Waals surface area contributed by atoms with Crippen molar-refractivity contribution in [1.29, 1.82) is 0 Å². The number of likely N-dealkylation sites (tertiary alicyclic amines) is 1. The third-order valence-electron chi connectivity index (χ3n) is 7.26. The first-order valence-electron chi connectivity index (χ1n) is 10.6. The molecule has 4 nitrogen and oxygen atoms in total. The number of ether oxygens (including phenoxy) is 1. The molecule has 3 aliphatic rings. The highest BCUT2D eigenvalue weighted by molar-refractivity contribution is 5.79. The maximum atomic E-state index is 14.8. The van der Waals surface area contributed by atoms with E-state index in [9.17, 15) is 18.7 Å². The summed E-state index contributed by atoms with van der Waals surface area (Å²) in [5.41, 5.74) is 2.95. The molecule has 2 atom stereocenters. The molecule has 1 saturated heterocycles. The number of piperidine rings is 1. The Balaban J connectivity index is 1.34. The number of alkyl halides is 2. The number of aliphatic hydroxyl groups is 1. The summed E-state index contributed by atoms with van der Waals surface area (Å²) in [5, 5.41) is 9.79. The van der Waals surface area contributed by atoms with Crippen molar-refractivity contribution in [3.63, 3.8) is 0 Å². The molecule has 1 N–H and O–H groups in total. The molecule has 30 heavy (non-hydrogen) atoms. The van der Waals surface area contributed by atoms with Crippen LogP contribution in [-0.4, -0.2) is 48.3 Å². The van der Waals surface area contributed by atoms with Crippen molar-refractivity contribution in [2.75, 3.05) is 26.3 Å². The lowest BCUT2D eigenvalue weighted by Gasteiger charge is -2.53. The summed E-state index contributed by atoms with van der Waals surface area (Å²) in [6.45, 7) is -0.644. The van der Waals surface area contributed by atoms with Crippen LogP contribution in [0.4, 0.5) is 13.6 Å². The van der Waals surface area contributed by atoms with Gasteiger partial charge < -0.3 is 14.7 Å². The Morgan fingerprint density at radius 2 is 1.73 bits per heavy atom. The number of amides is 1. The normalized spacial score (nSPS) is 26.8. The molecule has 0 aromatic heterocycles. The number of hydrogen-bond acceptors (Lipinski definition) is 3. The molecule has 6 heteroatoms. The summed E-state index contributed by atoms with van der Waals surface area (Å²) in [7, 11) is 0. The number of aliphatic hydroxyl groups excluding tert-OH is 1. The maximum absolute atomic E-state index is 14.8. The highest BCUT2D eigenvalue weighted by Crippen LogP contribution is 2.54. The van der Waals surface area contributed by atoms with E-state index in [1.807, 2.05) is 36.4 Å². The largest absolute Gasteiger partial charge is 0.448 e. The zero-order valence-corrected chi connectivity index (χ0v) is 16.7. The van der Waals surface area contributed by atoms with Gasteiger partial charge in [0.05, 0.1) is 12.0 Å². The zero-order valence-electron chi connectivity index (χ0n) is 16.7. The van der Waals surface area contributed by atoms with Gasteiger partial charge in [-0.15, -0.1) is 0 Å². The summed E-state index contributed by atoms with van der Waals surface area (Å²) in [6.07, 6.45) is 0.665. The van der Waals surface area contributed by atoms with Gasteiger partial charge >= 0.3 is 6.09 Å². The lowest BCUT2D eigenvalue weighted by molar-refractivity contribution is -0.233. The highest BCUT2D eigenvalue weighted by Gasteiger charge is 2.63. The molecule has 2 aliphatic carbocycles. The molecule has 1 aliphatic heterocycles. The molecule has 1 saturated carbocycles. The van der Waals surface area contributed by atoms with Crippen molar-refractivity contribution in [1.82, 2.24) is 4.90 Å². The highest BCUT2D eigenvalue weighted by atomic mass is 19.3. The summed E-state index contributed by atoms with van der Waals surface area (Å²) in [4.78, 5) is 14.2. The van der Waals surface area contributed by atoms with Gasteiger partial charge in [-0.25, -0.2) is 13.6 Å². The molecule has 1 heterocycles.